The molecule has 0 aliphatic heterocycles. The van der Waals surface area contributed by atoms with Crippen LogP contribution in [0.1, 0.15) is 5.56 Å². The number of hydrogen-bond donors (Lipinski definition) is 2. The van der Waals surface area contributed by atoms with E-state index in [1.54, 1.807) is 0 Å². The molecule has 2 aromatic rings. The first-order valence-corrected chi connectivity index (χ1v) is 6.89. The first kappa shape index (κ1) is 14.7. The number of phenolic OH excluding ortho intramolecular Hbond substituents is 1. The van der Waals surface area contributed by atoms with Gasteiger partial charge < -0.3 is 9.84 Å². The molecule has 0 aliphatic carbocycles. The number of rotatable bonds is 3. The van der Waals surface area contributed by atoms with Crippen molar-refractivity contribution in [3.8, 4) is 5.75 Å². The van der Waals surface area contributed by atoms with Crippen molar-refractivity contribution in [2.24, 2.45) is 0 Å². The lowest BCUT2D eigenvalue weighted by molar-refractivity contribution is 0.155. The Labute approximate surface area is 129 Å². The molecule has 0 radical (unpaired) electrons. The molecule has 2 rings (SSSR count). The van der Waals surface area contributed by atoms with Gasteiger partial charge >= 0.3 is 6.09 Å². The third-order valence-electron chi connectivity index (χ3n) is 2.49. The molecule has 2 N–H and O–H groups in total. The monoisotopic (exact) mass is 355 g/mol. The molecule has 104 valence electrons. The van der Waals surface area contributed by atoms with E-state index >= 15 is 0 Å². The summed E-state index contributed by atoms with van der Waals surface area (Å²) >= 11 is 9.06. The van der Waals surface area contributed by atoms with Crippen molar-refractivity contribution in [3.63, 3.8) is 0 Å². The highest BCUT2D eigenvalue weighted by molar-refractivity contribution is 9.10. The van der Waals surface area contributed by atoms with Gasteiger partial charge in [-0.2, -0.15) is 0 Å². The zero-order chi connectivity index (χ0) is 14.5. The number of ether oxygens (including phenoxy) is 1. The van der Waals surface area contributed by atoms with Gasteiger partial charge in [-0.3, -0.25) is 5.32 Å². The summed E-state index contributed by atoms with van der Waals surface area (Å²) in [6, 6.07) is 12.1. The molecule has 20 heavy (non-hydrogen) atoms. The van der Waals surface area contributed by atoms with Crippen LogP contribution in [0.25, 0.3) is 0 Å². The average molecular weight is 357 g/mol. The molecule has 0 saturated carbocycles. The van der Waals surface area contributed by atoms with Gasteiger partial charge in [0.05, 0.1) is 10.7 Å². The summed E-state index contributed by atoms with van der Waals surface area (Å²) in [5, 5.41) is 12.5. The molecule has 0 atom stereocenters. The van der Waals surface area contributed by atoms with E-state index in [2.05, 4.69) is 21.2 Å². The van der Waals surface area contributed by atoms with E-state index in [9.17, 15) is 9.90 Å². The average Bonchev–Trinajstić information content (AvgIpc) is 2.44. The first-order chi connectivity index (χ1) is 9.56. The Morgan fingerprint density at radius 2 is 2.00 bits per heavy atom. The number of halogens is 2. The van der Waals surface area contributed by atoms with Crippen LogP contribution >= 0.6 is 27.5 Å². The van der Waals surface area contributed by atoms with Crippen molar-refractivity contribution < 1.29 is 14.6 Å². The van der Waals surface area contributed by atoms with Gasteiger partial charge in [0.2, 0.25) is 0 Å². The van der Waals surface area contributed by atoms with Crippen LogP contribution in [-0.4, -0.2) is 11.2 Å². The highest BCUT2D eigenvalue weighted by atomic mass is 79.9. The number of amides is 1. The maximum absolute atomic E-state index is 11.6. The van der Waals surface area contributed by atoms with E-state index in [0.717, 1.165) is 5.56 Å². The summed E-state index contributed by atoms with van der Waals surface area (Å²) in [7, 11) is 0. The minimum atomic E-state index is -0.664. The molecule has 0 heterocycles. The molecule has 0 aromatic heterocycles. The van der Waals surface area contributed by atoms with E-state index in [1.807, 2.05) is 30.3 Å². The fraction of sp³-hybridized carbons (Fsp3) is 0.0714. The van der Waals surface area contributed by atoms with Crippen LogP contribution < -0.4 is 5.32 Å². The summed E-state index contributed by atoms with van der Waals surface area (Å²) in [4.78, 5) is 11.6. The number of benzene rings is 2. The number of hydrogen-bond acceptors (Lipinski definition) is 3. The van der Waals surface area contributed by atoms with E-state index in [4.69, 9.17) is 16.3 Å². The molecular formula is C14H11BrClNO3. The van der Waals surface area contributed by atoms with Gasteiger partial charge in [0.1, 0.15) is 12.4 Å². The maximum Gasteiger partial charge on any atom is 0.412 e. The summed E-state index contributed by atoms with van der Waals surface area (Å²) in [5.41, 5.74) is 1.07. The molecule has 0 saturated heterocycles. The molecule has 2 aromatic carbocycles. The van der Waals surface area contributed by atoms with Gasteiger partial charge in [-0.05, 0) is 33.6 Å². The molecular weight excluding hydrogens is 346 g/mol. The number of carbonyl (C=O) groups excluding carboxylic acids is 1. The molecule has 0 fully saturated rings. The van der Waals surface area contributed by atoms with Crippen LogP contribution in [0.15, 0.2) is 46.9 Å². The highest BCUT2D eigenvalue weighted by Gasteiger charge is 2.10. The molecule has 0 aliphatic rings. The van der Waals surface area contributed by atoms with Gasteiger partial charge in [-0.15, -0.1) is 0 Å². The van der Waals surface area contributed by atoms with Crippen LogP contribution in [0.4, 0.5) is 10.5 Å². The lowest BCUT2D eigenvalue weighted by Crippen LogP contribution is -2.13. The molecule has 1 amide bonds. The zero-order valence-corrected chi connectivity index (χ0v) is 12.6. The van der Waals surface area contributed by atoms with Crippen molar-refractivity contribution in [2.75, 3.05) is 5.32 Å². The highest BCUT2D eigenvalue weighted by Crippen LogP contribution is 2.33. The van der Waals surface area contributed by atoms with Gasteiger partial charge in [-0.1, -0.05) is 41.9 Å². The Bertz CT molecular complexity index is 619. The minimum Gasteiger partial charge on any atom is -0.506 e. The largest absolute Gasteiger partial charge is 0.506 e. The lowest BCUT2D eigenvalue weighted by Gasteiger charge is -2.09. The number of carbonyl (C=O) groups is 1. The van der Waals surface area contributed by atoms with E-state index in [0.29, 0.717) is 9.50 Å². The van der Waals surface area contributed by atoms with Gasteiger partial charge in [-0.25, -0.2) is 4.79 Å². The summed E-state index contributed by atoms with van der Waals surface area (Å²) in [6.45, 7) is 0.150. The Balaban J connectivity index is 1.97. The Morgan fingerprint density at radius 1 is 1.30 bits per heavy atom. The van der Waals surface area contributed by atoms with Crippen LogP contribution in [-0.2, 0) is 11.3 Å². The van der Waals surface area contributed by atoms with Crippen LogP contribution in [0.2, 0.25) is 5.02 Å². The number of anilines is 1. The topological polar surface area (TPSA) is 58.6 Å². The van der Waals surface area contributed by atoms with Crippen molar-refractivity contribution in [1.82, 2.24) is 0 Å². The third-order valence-corrected chi connectivity index (χ3v) is 3.69. The molecule has 4 nitrogen and oxygen atoms in total. The fourth-order valence-corrected chi connectivity index (χ4v) is 2.00. The fourth-order valence-electron chi connectivity index (χ4n) is 1.51. The van der Waals surface area contributed by atoms with E-state index in [-0.39, 0.29) is 18.0 Å². The quantitative estimate of drug-likeness (QED) is 0.793. The lowest BCUT2D eigenvalue weighted by atomic mass is 10.2. The Hall–Kier alpha value is -1.72. The Morgan fingerprint density at radius 3 is 2.70 bits per heavy atom. The van der Waals surface area contributed by atoms with E-state index < -0.39 is 6.09 Å². The number of phenols is 1. The number of aromatic hydroxyl groups is 1. The molecule has 0 bridgehead atoms. The first-order valence-electron chi connectivity index (χ1n) is 5.72. The van der Waals surface area contributed by atoms with Crippen molar-refractivity contribution >= 4 is 39.3 Å². The summed E-state index contributed by atoms with van der Waals surface area (Å²) < 4.78 is 5.58. The smallest absolute Gasteiger partial charge is 0.412 e. The molecule has 6 heteroatoms. The standard InChI is InChI=1S/C14H11BrClNO3/c15-10-6-13(18)12(7-11(10)16)17-14(19)20-8-9-4-2-1-3-5-9/h1-7,18H,8H2,(H,17,19). The zero-order valence-electron chi connectivity index (χ0n) is 10.3. The van der Waals surface area contributed by atoms with Crippen molar-refractivity contribution in [3.05, 3.63) is 57.5 Å². The van der Waals surface area contributed by atoms with Gasteiger partial charge in [0.25, 0.3) is 0 Å². The van der Waals surface area contributed by atoms with Crippen LogP contribution in [0, 0.1) is 0 Å². The number of nitrogens with one attached hydrogen (secondary N) is 1. The third kappa shape index (κ3) is 3.88. The van der Waals surface area contributed by atoms with Crippen LogP contribution in [0.5, 0.6) is 5.75 Å². The SMILES string of the molecule is O=C(Nc1cc(Cl)c(Br)cc1O)OCc1ccccc1. The van der Waals surface area contributed by atoms with Gasteiger partial charge in [0.15, 0.2) is 0 Å². The summed E-state index contributed by atoms with van der Waals surface area (Å²) in [6.07, 6.45) is -0.664. The summed E-state index contributed by atoms with van der Waals surface area (Å²) in [5.74, 6) is -0.0991. The Kier molecular flexibility index (Phi) is 4.87. The second kappa shape index (κ2) is 6.63. The predicted octanol–water partition coefficient (Wildman–Crippen LogP) is 4.56. The minimum absolute atomic E-state index is 0.0991. The van der Waals surface area contributed by atoms with Crippen LogP contribution in [0.3, 0.4) is 0 Å². The molecule has 0 spiro atoms. The second-order valence-corrected chi connectivity index (χ2v) is 5.23. The second-order valence-electron chi connectivity index (χ2n) is 3.97. The van der Waals surface area contributed by atoms with E-state index in [1.165, 1.54) is 12.1 Å². The van der Waals surface area contributed by atoms with Crippen molar-refractivity contribution in [1.29, 1.82) is 0 Å². The molecule has 0 unspecified atom stereocenters. The van der Waals surface area contributed by atoms with Gasteiger partial charge in [0, 0.05) is 4.47 Å². The maximum atomic E-state index is 11.6. The normalized spacial score (nSPS) is 10.1. The van der Waals surface area contributed by atoms with Crippen molar-refractivity contribution in [2.45, 2.75) is 6.61 Å². The predicted molar refractivity (Wildman–Crippen MR) is 81.1 cm³/mol.